The fourth-order valence-electron chi connectivity index (χ4n) is 1.37. The molecular weight excluding hydrogens is 144 g/mol. The minimum Gasteiger partial charge on any atom is -0.393 e. The quantitative estimate of drug-likeness (QED) is 0.656. The van der Waals surface area contributed by atoms with Crippen LogP contribution in [0.4, 0.5) is 0 Å². The van der Waals surface area contributed by atoms with E-state index >= 15 is 0 Å². The minimum absolute atomic E-state index is 0.0232. The van der Waals surface area contributed by atoms with Gasteiger partial charge in [-0.25, -0.2) is 0 Å². The van der Waals surface area contributed by atoms with Crippen LogP contribution in [0.15, 0.2) is 16.8 Å². The van der Waals surface area contributed by atoms with Crippen molar-refractivity contribution in [2.24, 2.45) is 0 Å². The molecule has 1 aliphatic carbocycles. The van der Waals surface area contributed by atoms with Crippen molar-refractivity contribution in [1.82, 2.24) is 0 Å². The predicted octanol–water partition coefficient (Wildman–Crippen LogP) is 1.99. The summed E-state index contributed by atoms with van der Waals surface area (Å²) in [4.78, 5) is 0. The molecule has 1 saturated carbocycles. The van der Waals surface area contributed by atoms with Crippen molar-refractivity contribution in [3.8, 4) is 0 Å². The Bertz CT molecular complexity index is 199. The molecule has 0 spiro atoms. The second kappa shape index (κ2) is 2.36. The van der Waals surface area contributed by atoms with E-state index < -0.39 is 0 Å². The number of hydrogen-bond donors (Lipinski definition) is 1. The smallest absolute Gasteiger partial charge is 0.0552 e. The molecule has 1 heterocycles. The average molecular weight is 154 g/mol. The third-order valence-corrected chi connectivity index (χ3v) is 2.83. The van der Waals surface area contributed by atoms with E-state index in [1.165, 1.54) is 5.56 Å². The van der Waals surface area contributed by atoms with Crippen LogP contribution < -0.4 is 0 Å². The standard InChI is InChI=1S/C8H10OS/c9-8-3-7(4-8)6-1-2-10-5-6/h1-2,5,7-9H,3-4H2. The first kappa shape index (κ1) is 6.38. The lowest BCUT2D eigenvalue weighted by molar-refractivity contribution is 0.0748. The van der Waals surface area contributed by atoms with Gasteiger partial charge in [0, 0.05) is 0 Å². The van der Waals surface area contributed by atoms with Gasteiger partial charge in [0.15, 0.2) is 0 Å². The summed E-state index contributed by atoms with van der Waals surface area (Å²) in [7, 11) is 0. The highest BCUT2D eigenvalue weighted by atomic mass is 32.1. The molecule has 1 aromatic rings. The molecule has 1 N–H and O–H groups in total. The molecule has 1 nitrogen and oxygen atoms in total. The van der Waals surface area contributed by atoms with Gasteiger partial charge in [0.1, 0.15) is 0 Å². The van der Waals surface area contributed by atoms with E-state index in [4.69, 9.17) is 5.11 Å². The molecular formula is C8H10OS. The largest absolute Gasteiger partial charge is 0.393 e. The predicted molar refractivity (Wildman–Crippen MR) is 42.3 cm³/mol. The molecule has 0 aromatic carbocycles. The lowest BCUT2D eigenvalue weighted by atomic mass is 9.79. The second-order valence-electron chi connectivity index (χ2n) is 2.88. The van der Waals surface area contributed by atoms with Crippen molar-refractivity contribution in [2.45, 2.75) is 24.9 Å². The maximum absolute atomic E-state index is 9.02. The third kappa shape index (κ3) is 0.976. The Balaban J connectivity index is 2.04. The van der Waals surface area contributed by atoms with Crippen LogP contribution in [0, 0.1) is 0 Å². The molecule has 0 saturated heterocycles. The van der Waals surface area contributed by atoms with E-state index in [-0.39, 0.29) is 6.10 Å². The Morgan fingerprint density at radius 2 is 2.30 bits per heavy atom. The van der Waals surface area contributed by atoms with Crippen LogP contribution in [-0.2, 0) is 0 Å². The van der Waals surface area contributed by atoms with E-state index in [1.54, 1.807) is 11.3 Å². The van der Waals surface area contributed by atoms with Gasteiger partial charge in [0.2, 0.25) is 0 Å². The Morgan fingerprint density at radius 1 is 1.50 bits per heavy atom. The Morgan fingerprint density at radius 3 is 2.80 bits per heavy atom. The summed E-state index contributed by atoms with van der Waals surface area (Å²) in [5.74, 6) is 0.654. The first-order valence-electron chi connectivity index (χ1n) is 3.56. The van der Waals surface area contributed by atoms with E-state index in [1.807, 2.05) is 0 Å². The van der Waals surface area contributed by atoms with Crippen molar-refractivity contribution in [3.05, 3.63) is 22.4 Å². The SMILES string of the molecule is OC1CC(c2ccsc2)C1. The van der Waals surface area contributed by atoms with Gasteiger partial charge in [-0.1, -0.05) is 0 Å². The summed E-state index contributed by atoms with van der Waals surface area (Å²) in [6.07, 6.45) is 1.91. The van der Waals surface area contributed by atoms with Crippen LogP contribution >= 0.6 is 11.3 Å². The van der Waals surface area contributed by atoms with Crippen molar-refractivity contribution in [1.29, 1.82) is 0 Å². The Labute approximate surface area is 64.3 Å². The zero-order chi connectivity index (χ0) is 6.97. The summed E-state index contributed by atoms with van der Waals surface area (Å²) in [6.45, 7) is 0. The summed E-state index contributed by atoms with van der Waals surface area (Å²) < 4.78 is 0. The van der Waals surface area contributed by atoms with Crippen molar-refractivity contribution < 1.29 is 5.11 Å². The van der Waals surface area contributed by atoms with Crippen LogP contribution in [0.25, 0.3) is 0 Å². The normalized spacial score (nSPS) is 31.7. The molecule has 1 aliphatic rings. The molecule has 2 rings (SSSR count). The topological polar surface area (TPSA) is 20.2 Å². The van der Waals surface area contributed by atoms with Crippen LogP contribution in [0.2, 0.25) is 0 Å². The molecule has 0 bridgehead atoms. The van der Waals surface area contributed by atoms with Gasteiger partial charge in [-0.3, -0.25) is 0 Å². The lowest BCUT2D eigenvalue weighted by Crippen LogP contribution is -2.25. The van der Waals surface area contributed by atoms with Crippen molar-refractivity contribution in [3.63, 3.8) is 0 Å². The van der Waals surface area contributed by atoms with Gasteiger partial charge >= 0.3 is 0 Å². The third-order valence-electron chi connectivity index (χ3n) is 2.13. The zero-order valence-corrected chi connectivity index (χ0v) is 6.47. The second-order valence-corrected chi connectivity index (χ2v) is 3.66. The van der Waals surface area contributed by atoms with E-state index in [9.17, 15) is 0 Å². The highest BCUT2D eigenvalue weighted by Crippen LogP contribution is 2.37. The number of rotatable bonds is 1. The molecule has 54 valence electrons. The van der Waals surface area contributed by atoms with E-state index in [0.29, 0.717) is 5.92 Å². The van der Waals surface area contributed by atoms with Crippen molar-refractivity contribution >= 4 is 11.3 Å². The summed E-state index contributed by atoms with van der Waals surface area (Å²) in [5, 5.41) is 13.3. The zero-order valence-electron chi connectivity index (χ0n) is 5.66. The number of hydrogen-bond acceptors (Lipinski definition) is 2. The van der Waals surface area contributed by atoms with Crippen LogP contribution in [0.5, 0.6) is 0 Å². The van der Waals surface area contributed by atoms with Gasteiger partial charge in [-0.2, -0.15) is 11.3 Å². The van der Waals surface area contributed by atoms with E-state index in [0.717, 1.165) is 12.8 Å². The molecule has 1 fully saturated rings. The van der Waals surface area contributed by atoms with Crippen LogP contribution in [0.1, 0.15) is 24.3 Å². The van der Waals surface area contributed by atoms with Crippen molar-refractivity contribution in [2.75, 3.05) is 0 Å². The lowest BCUT2D eigenvalue weighted by Gasteiger charge is -2.30. The maximum atomic E-state index is 9.02. The number of aliphatic hydroxyl groups is 1. The monoisotopic (exact) mass is 154 g/mol. The molecule has 0 unspecified atom stereocenters. The highest BCUT2D eigenvalue weighted by Gasteiger charge is 2.28. The maximum Gasteiger partial charge on any atom is 0.0552 e. The molecule has 0 atom stereocenters. The summed E-state index contributed by atoms with van der Waals surface area (Å²) >= 11 is 1.74. The number of aliphatic hydroxyl groups excluding tert-OH is 1. The minimum atomic E-state index is -0.0232. The molecule has 0 radical (unpaired) electrons. The highest BCUT2D eigenvalue weighted by molar-refractivity contribution is 7.07. The first-order chi connectivity index (χ1) is 4.86. The fourth-order valence-corrected chi connectivity index (χ4v) is 2.11. The van der Waals surface area contributed by atoms with Crippen LogP contribution in [-0.4, -0.2) is 11.2 Å². The van der Waals surface area contributed by atoms with Gasteiger partial charge in [0.25, 0.3) is 0 Å². The molecule has 0 aliphatic heterocycles. The Hall–Kier alpha value is -0.340. The Kier molecular flexibility index (Phi) is 1.51. The van der Waals surface area contributed by atoms with Gasteiger partial charge in [-0.05, 0) is 41.1 Å². The average Bonchev–Trinajstić information content (AvgIpc) is 2.31. The number of thiophene rings is 1. The molecule has 2 heteroatoms. The van der Waals surface area contributed by atoms with Gasteiger partial charge in [-0.15, -0.1) is 0 Å². The summed E-state index contributed by atoms with van der Waals surface area (Å²) in [6, 6.07) is 2.15. The van der Waals surface area contributed by atoms with E-state index in [2.05, 4.69) is 16.8 Å². The van der Waals surface area contributed by atoms with Gasteiger partial charge < -0.3 is 5.11 Å². The molecule has 0 amide bonds. The van der Waals surface area contributed by atoms with Crippen LogP contribution in [0.3, 0.4) is 0 Å². The molecule has 1 aromatic heterocycles. The fraction of sp³-hybridized carbons (Fsp3) is 0.500. The summed E-state index contributed by atoms with van der Waals surface area (Å²) in [5.41, 5.74) is 1.41. The van der Waals surface area contributed by atoms with Gasteiger partial charge in [0.05, 0.1) is 6.10 Å². The first-order valence-corrected chi connectivity index (χ1v) is 4.50. The molecule has 10 heavy (non-hydrogen) atoms.